The van der Waals surface area contributed by atoms with Crippen molar-refractivity contribution in [1.29, 1.82) is 0 Å². The highest BCUT2D eigenvalue weighted by Gasteiger charge is 2.60. The SMILES string of the molecule is CO[C@@H]1CC[C@@]2(C)C(CC[C@H]3[C@@H]4CC[C@H]([C@H](C)CCC(=O)ONC=O)[C@@]4(C)CC[C@@H]32)C1. The smallest absolute Gasteiger partial charge is 0.332 e. The molecule has 0 radical (unpaired) electrons. The van der Waals surface area contributed by atoms with Crippen LogP contribution in [-0.2, 0) is 19.2 Å². The average Bonchev–Trinajstić information content (AvgIpc) is 3.12. The predicted octanol–water partition coefficient (Wildman–Crippen LogP) is 5.28. The van der Waals surface area contributed by atoms with Crippen molar-refractivity contribution in [1.82, 2.24) is 5.48 Å². The molecule has 176 valence electrons. The van der Waals surface area contributed by atoms with E-state index in [1.54, 1.807) is 0 Å². The number of hydroxylamine groups is 1. The molecule has 0 saturated heterocycles. The fraction of sp³-hybridized carbons (Fsp3) is 0.923. The molecule has 0 aliphatic heterocycles. The van der Waals surface area contributed by atoms with E-state index in [9.17, 15) is 9.59 Å². The first kappa shape index (κ1) is 23.1. The number of hydrogen-bond donors (Lipinski definition) is 1. The molecule has 0 aromatic carbocycles. The second-order valence-corrected chi connectivity index (χ2v) is 11.7. The molecule has 0 heterocycles. The van der Waals surface area contributed by atoms with E-state index in [0.717, 1.165) is 30.1 Å². The number of carbonyl (C=O) groups excluding carboxylic acids is 2. The lowest BCUT2D eigenvalue weighted by atomic mass is 9.44. The first-order valence-electron chi connectivity index (χ1n) is 12.7. The van der Waals surface area contributed by atoms with Gasteiger partial charge >= 0.3 is 5.97 Å². The highest BCUT2D eigenvalue weighted by Crippen LogP contribution is 2.68. The Balaban J connectivity index is 1.42. The lowest BCUT2D eigenvalue weighted by Crippen LogP contribution is -2.54. The van der Waals surface area contributed by atoms with Crippen LogP contribution in [0.2, 0.25) is 0 Å². The van der Waals surface area contributed by atoms with Gasteiger partial charge in [-0.15, -0.1) is 0 Å². The molecule has 31 heavy (non-hydrogen) atoms. The number of ether oxygens (including phenoxy) is 1. The Bertz CT molecular complexity index is 668. The zero-order chi connectivity index (χ0) is 22.2. The first-order chi connectivity index (χ1) is 14.8. The third-order valence-electron chi connectivity index (χ3n) is 10.7. The van der Waals surface area contributed by atoms with Gasteiger partial charge in [-0.2, -0.15) is 5.48 Å². The normalized spacial score (nSPS) is 45.0. The molecule has 0 bridgehead atoms. The Hall–Kier alpha value is -1.10. The van der Waals surface area contributed by atoms with Crippen LogP contribution in [0.15, 0.2) is 0 Å². The summed E-state index contributed by atoms with van der Waals surface area (Å²) < 4.78 is 5.75. The van der Waals surface area contributed by atoms with Crippen molar-refractivity contribution in [2.24, 2.45) is 46.3 Å². The topological polar surface area (TPSA) is 64.6 Å². The maximum absolute atomic E-state index is 11.8. The molecule has 4 rings (SSSR count). The van der Waals surface area contributed by atoms with E-state index in [2.05, 4.69) is 20.8 Å². The molecule has 4 aliphatic carbocycles. The first-order valence-corrected chi connectivity index (χ1v) is 12.7. The number of amides is 1. The summed E-state index contributed by atoms with van der Waals surface area (Å²) in [6, 6.07) is 0. The van der Waals surface area contributed by atoms with Crippen molar-refractivity contribution in [2.75, 3.05) is 7.11 Å². The molecule has 5 heteroatoms. The van der Waals surface area contributed by atoms with Crippen LogP contribution in [-0.4, -0.2) is 25.6 Å². The molecular formula is C26H43NO4. The summed E-state index contributed by atoms with van der Waals surface area (Å²) in [6.07, 6.45) is 14.2. The number of rotatable bonds is 7. The Morgan fingerprint density at radius 1 is 1.06 bits per heavy atom. The summed E-state index contributed by atoms with van der Waals surface area (Å²) in [5.41, 5.74) is 2.95. The molecule has 5 nitrogen and oxygen atoms in total. The van der Waals surface area contributed by atoms with E-state index >= 15 is 0 Å². The van der Waals surface area contributed by atoms with Gasteiger partial charge in [0.15, 0.2) is 0 Å². The third kappa shape index (κ3) is 4.05. The van der Waals surface area contributed by atoms with Crippen LogP contribution in [0.5, 0.6) is 0 Å². The zero-order valence-corrected chi connectivity index (χ0v) is 20.0. The van der Waals surface area contributed by atoms with E-state index in [-0.39, 0.29) is 5.97 Å². The standard InChI is InChI=1S/C26H43NO4/c1-17(5-10-24(29)31-27-16-28)21-8-9-22-20-7-6-18-15-19(30-4)11-13-25(18,2)23(20)12-14-26(21,22)3/h16-23H,5-15H2,1-4H3,(H,27,28)/t17-,18?,19-,20+,21-,22+,23+,25+,26-/m1/s1. The second kappa shape index (κ2) is 9.03. The lowest BCUT2D eigenvalue weighted by molar-refractivity contribution is -0.155. The van der Waals surface area contributed by atoms with Crippen molar-refractivity contribution in [3.8, 4) is 0 Å². The highest BCUT2D eigenvalue weighted by atomic mass is 16.7. The number of nitrogens with one attached hydrogen (secondary N) is 1. The average molecular weight is 434 g/mol. The molecule has 0 spiro atoms. The van der Waals surface area contributed by atoms with Gasteiger partial charge in [-0.25, -0.2) is 4.79 Å². The van der Waals surface area contributed by atoms with E-state index in [4.69, 9.17) is 9.57 Å². The largest absolute Gasteiger partial charge is 0.381 e. The molecule has 4 saturated carbocycles. The summed E-state index contributed by atoms with van der Waals surface area (Å²) in [6.45, 7) is 7.52. The number of hydrogen-bond acceptors (Lipinski definition) is 4. The zero-order valence-electron chi connectivity index (χ0n) is 20.0. The van der Waals surface area contributed by atoms with Gasteiger partial charge in [-0.05, 0) is 111 Å². The van der Waals surface area contributed by atoms with Crippen molar-refractivity contribution in [3.63, 3.8) is 0 Å². The van der Waals surface area contributed by atoms with Crippen LogP contribution in [0, 0.1) is 46.3 Å². The number of fused-ring (bicyclic) bond motifs is 5. The molecule has 1 amide bonds. The van der Waals surface area contributed by atoms with Crippen molar-refractivity contribution in [2.45, 2.75) is 97.5 Å². The monoisotopic (exact) mass is 433 g/mol. The van der Waals surface area contributed by atoms with Crippen LogP contribution < -0.4 is 5.48 Å². The summed E-state index contributed by atoms with van der Waals surface area (Å²) in [7, 11) is 1.89. The van der Waals surface area contributed by atoms with E-state index in [1.807, 2.05) is 12.6 Å². The molecule has 9 atom stereocenters. The molecule has 0 aromatic heterocycles. The van der Waals surface area contributed by atoms with E-state index < -0.39 is 0 Å². The molecule has 1 N–H and O–H groups in total. The summed E-state index contributed by atoms with van der Waals surface area (Å²) in [5.74, 6) is 4.34. The fourth-order valence-corrected chi connectivity index (χ4v) is 9.10. The van der Waals surface area contributed by atoms with Gasteiger partial charge < -0.3 is 9.57 Å². The van der Waals surface area contributed by atoms with Crippen molar-refractivity contribution >= 4 is 12.4 Å². The molecular weight excluding hydrogens is 390 g/mol. The van der Waals surface area contributed by atoms with Gasteiger partial charge in [0.25, 0.3) is 0 Å². The quantitative estimate of drug-likeness (QED) is 0.438. The lowest BCUT2D eigenvalue weighted by Gasteiger charge is -2.61. The summed E-state index contributed by atoms with van der Waals surface area (Å²) in [5, 5.41) is 0. The summed E-state index contributed by atoms with van der Waals surface area (Å²) in [4.78, 5) is 26.9. The van der Waals surface area contributed by atoms with E-state index in [0.29, 0.717) is 41.6 Å². The third-order valence-corrected chi connectivity index (χ3v) is 10.7. The van der Waals surface area contributed by atoms with Crippen LogP contribution in [0.3, 0.4) is 0 Å². The van der Waals surface area contributed by atoms with Crippen LogP contribution in [0.1, 0.15) is 91.4 Å². The Morgan fingerprint density at radius 3 is 2.55 bits per heavy atom. The van der Waals surface area contributed by atoms with Gasteiger partial charge in [0, 0.05) is 13.5 Å². The van der Waals surface area contributed by atoms with Gasteiger partial charge in [0.1, 0.15) is 0 Å². The molecule has 4 aliphatic rings. The minimum atomic E-state index is -0.333. The molecule has 0 aromatic rings. The van der Waals surface area contributed by atoms with E-state index in [1.165, 1.54) is 57.8 Å². The van der Waals surface area contributed by atoms with Crippen LogP contribution in [0.4, 0.5) is 0 Å². The Labute approximate surface area is 188 Å². The Kier molecular flexibility index (Phi) is 6.72. The van der Waals surface area contributed by atoms with Gasteiger partial charge in [0.05, 0.1) is 6.10 Å². The fourth-order valence-electron chi connectivity index (χ4n) is 9.10. The summed E-state index contributed by atoms with van der Waals surface area (Å²) >= 11 is 0. The maximum Gasteiger partial charge on any atom is 0.332 e. The Morgan fingerprint density at radius 2 is 1.81 bits per heavy atom. The minimum Gasteiger partial charge on any atom is -0.381 e. The molecule has 1 unspecified atom stereocenters. The number of methoxy groups -OCH3 is 1. The maximum atomic E-state index is 11.8. The van der Waals surface area contributed by atoms with Crippen LogP contribution in [0.25, 0.3) is 0 Å². The van der Waals surface area contributed by atoms with Gasteiger partial charge in [-0.3, -0.25) is 4.79 Å². The van der Waals surface area contributed by atoms with Crippen molar-refractivity contribution in [3.05, 3.63) is 0 Å². The van der Waals surface area contributed by atoms with Gasteiger partial charge in [-0.1, -0.05) is 20.8 Å². The minimum absolute atomic E-state index is 0.333. The predicted molar refractivity (Wildman–Crippen MR) is 120 cm³/mol. The van der Waals surface area contributed by atoms with Crippen molar-refractivity contribution < 1.29 is 19.2 Å². The highest BCUT2D eigenvalue weighted by molar-refractivity contribution is 5.70. The second-order valence-electron chi connectivity index (χ2n) is 11.7. The molecule has 4 fully saturated rings. The van der Waals surface area contributed by atoms with Crippen LogP contribution >= 0.6 is 0 Å². The number of carbonyl (C=O) groups is 2. The van der Waals surface area contributed by atoms with Gasteiger partial charge in [0.2, 0.25) is 6.41 Å².